The monoisotopic (exact) mass is 439 g/mol. The molecular weight excluding hydrogens is 418 g/mol. The van der Waals surface area contributed by atoms with E-state index in [4.69, 9.17) is 10.5 Å². The van der Waals surface area contributed by atoms with E-state index in [0.717, 1.165) is 0 Å². The lowest BCUT2D eigenvalue weighted by Gasteiger charge is -2.11. The number of anilines is 2. The normalized spacial score (nSPS) is 10.9. The van der Waals surface area contributed by atoms with Gasteiger partial charge in [-0.05, 0) is 67.6 Å². The van der Waals surface area contributed by atoms with Crippen LogP contribution in [0.2, 0.25) is 0 Å². The van der Waals surface area contributed by atoms with E-state index in [2.05, 4.69) is 10.0 Å². The molecule has 0 atom stereocenters. The molecule has 0 bridgehead atoms. The van der Waals surface area contributed by atoms with Gasteiger partial charge in [-0.25, -0.2) is 8.42 Å². The van der Waals surface area contributed by atoms with Crippen LogP contribution >= 0.6 is 0 Å². The van der Waals surface area contributed by atoms with Crippen molar-refractivity contribution in [3.8, 4) is 5.75 Å². The third-order valence-electron chi connectivity index (χ3n) is 4.23. The van der Waals surface area contributed by atoms with Gasteiger partial charge < -0.3 is 15.8 Å². The summed E-state index contributed by atoms with van der Waals surface area (Å²) in [5.41, 5.74) is 6.36. The highest BCUT2D eigenvalue weighted by Gasteiger charge is 2.16. The van der Waals surface area contributed by atoms with Crippen molar-refractivity contribution in [3.05, 3.63) is 83.9 Å². The Kier molecular flexibility index (Phi) is 6.56. The van der Waals surface area contributed by atoms with Crippen LogP contribution in [0, 0.1) is 0 Å². The summed E-state index contributed by atoms with van der Waals surface area (Å²) < 4.78 is 33.1. The lowest BCUT2D eigenvalue weighted by atomic mass is 10.1. The maximum Gasteiger partial charge on any atom is 0.261 e. The molecule has 3 rings (SSSR count). The molecule has 3 aromatic rings. The Morgan fingerprint density at radius 3 is 2.16 bits per heavy atom. The zero-order valence-corrected chi connectivity index (χ0v) is 17.5. The number of nitrogens with two attached hydrogens (primary N) is 1. The molecule has 4 N–H and O–H groups in total. The van der Waals surface area contributed by atoms with Gasteiger partial charge in [0.05, 0.1) is 11.5 Å². The van der Waals surface area contributed by atoms with Gasteiger partial charge in [-0.3, -0.25) is 14.3 Å². The summed E-state index contributed by atoms with van der Waals surface area (Å²) in [6, 6.07) is 18.3. The van der Waals surface area contributed by atoms with E-state index in [1.165, 1.54) is 36.4 Å². The summed E-state index contributed by atoms with van der Waals surface area (Å²) >= 11 is 0. The number of nitrogens with one attached hydrogen (secondary N) is 2. The van der Waals surface area contributed by atoms with E-state index < -0.39 is 21.8 Å². The van der Waals surface area contributed by atoms with Crippen molar-refractivity contribution in [1.29, 1.82) is 0 Å². The van der Waals surface area contributed by atoms with E-state index in [0.29, 0.717) is 18.0 Å². The SMILES string of the molecule is CCOc1ccc(S(=O)(=O)Nc2cccc(C(=O)Nc3cccc(C(N)=O)c3)c2)cc1. The van der Waals surface area contributed by atoms with E-state index >= 15 is 0 Å². The maximum absolute atomic E-state index is 12.6. The molecule has 0 aromatic heterocycles. The van der Waals surface area contributed by atoms with Crippen molar-refractivity contribution in [3.63, 3.8) is 0 Å². The van der Waals surface area contributed by atoms with E-state index in [1.54, 1.807) is 36.4 Å². The molecule has 0 aliphatic heterocycles. The number of ether oxygens (including phenoxy) is 1. The fourth-order valence-electron chi connectivity index (χ4n) is 2.77. The minimum absolute atomic E-state index is 0.0640. The number of rotatable bonds is 8. The van der Waals surface area contributed by atoms with Crippen molar-refractivity contribution < 1.29 is 22.7 Å². The average Bonchev–Trinajstić information content (AvgIpc) is 2.74. The van der Waals surface area contributed by atoms with Gasteiger partial charge in [0.1, 0.15) is 5.75 Å². The second-order valence-electron chi connectivity index (χ2n) is 6.49. The molecule has 0 heterocycles. The predicted octanol–water partition coefficient (Wildman–Crippen LogP) is 3.24. The lowest BCUT2D eigenvalue weighted by Crippen LogP contribution is -2.16. The number of hydrogen-bond acceptors (Lipinski definition) is 5. The first-order chi connectivity index (χ1) is 14.8. The first-order valence-corrected chi connectivity index (χ1v) is 10.8. The molecule has 0 saturated carbocycles. The molecule has 0 aliphatic carbocycles. The molecule has 8 nitrogen and oxygen atoms in total. The van der Waals surface area contributed by atoms with Crippen molar-refractivity contribution in [2.45, 2.75) is 11.8 Å². The number of amides is 2. The van der Waals surface area contributed by atoms with E-state index in [9.17, 15) is 18.0 Å². The Labute approximate surface area is 180 Å². The summed E-state index contributed by atoms with van der Waals surface area (Å²) in [6.07, 6.45) is 0. The second-order valence-corrected chi connectivity index (χ2v) is 8.17. The zero-order valence-electron chi connectivity index (χ0n) is 16.7. The number of carbonyl (C=O) groups excluding carboxylic acids is 2. The Hall–Kier alpha value is -3.85. The van der Waals surface area contributed by atoms with Gasteiger partial charge in [0.25, 0.3) is 15.9 Å². The fraction of sp³-hybridized carbons (Fsp3) is 0.0909. The van der Waals surface area contributed by atoms with Gasteiger partial charge in [0.15, 0.2) is 0 Å². The molecule has 9 heteroatoms. The Balaban J connectivity index is 1.75. The van der Waals surface area contributed by atoms with Gasteiger partial charge in [0, 0.05) is 22.5 Å². The van der Waals surface area contributed by atoms with E-state index in [1.807, 2.05) is 6.92 Å². The second kappa shape index (κ2) is 9.31. The summed E-state index contributed by atoms with van der Waals surface area (Å²) in [4.78, 5) is 23.9. The van der Waals surface area contributed by atoms with Gasteiger partial charge in [-0.15, -0.1) is 0 Å². The summed E-state index contributed by atoms with van der Waals surface area (Å²) in [7, 11) is -3.85. The van der Waals surface area contributed by atoms with Crippen LogP contribution in [0.4, 0.5) is 11.4 Å². The molecule has 2 amide bonds. The Bertz CT molecular complexity index is 1210. The van der Waals surface area contributed by atoms with Gasteiger partial charge >= 0.3 is 0 Å². The van der Waals surface area contributed by atoms with Crippen LogP contribution in [-0.4, -0.2) is 26.8 Å². The molecule has 0 unspecified atom stereocenters. The van der Waals surface area contributed by atoms with Crippen LogP contribution in [0.1, 0.15) is 27.6 Å². The number of primary amides is 1. The van der Waals surface area contributed by atoms with Crippen LogP contribution in [0.3, 0.4) is 0 Å². The third-order valence-corrected chi connectivity index (χ3v) is 5.62. The average molecular weight is 439 g/mol. The maximum atomic E-state index is 12.6. The topological polar surface area (TPSA) is 128 Å². The van der Waals surface area contributed by atoms with Crippen LogP contribution < -0.4 is 20.5 Å². The van der Waals surface area contributed by atoms with Gasteiger partial charge in [-0.2, -0.15) is 0 Å². The Morgan fingerprint density at radius 1 is 0.903 bits per heavy atom. The fourth-order valence-corrected chi connectivity index (χ4v) is 3.82. The van der Waals surface area contributed by atoms with Crippen LogP contribution in [0.5, 0.6) is 5.75 Å². The minimum Gasteiger partial charge on any atom is -0.494 e. The van der Waals surface area contributed by atoms with Gasteiger partial charge in [0.2, 0.25) is 5.91 Å². The summed E-state index contributed by atoms with van der Waals surface area (Å²) in [5.74, 6) is -0.508. The number of carbonyl (C=O) groups is 2. The third kappa shape index (κ3) is 5.61. The molecule has 0 spiro atoms. The van der Waals surface area contributed by atoms with Crippen molar-refractivity contribution in [1.82, 2.24) is 0 Å². The highest BCUT2D eigenvalue weighted by molar-refractivity contribution is 7.92. The molecule has 0 aliphatic rings. The molecule has 160 valence electrons. The number of sulfonamides is 1. The Morgan fingerprint density at radius 2 is 1.52 bits per heavy atom. The van der Waals surface area contributed by atoms with Crippen molar-refractivity contribution in [2.24, 2.45) is 5.73 Å². The van der Waals surface area contributed by atoms with Crippen LogP contribution in [-0.2, 0) is 10.0 Å². The summed E-state index contributed by atoms with van der Waals surface area (Å²) in [6.45, 7) is 2.32. The van der Waals surface area contributed by atoms with Crippen LogP contribution in [0.15, 0.2) is 77.7 Å². The highest BCUT2D eigenvalue weighted by Crippen LogP contribution is 2.21. The molecule has 0 radical (unpaired) electrons. The first kappa shape index (κ1) is 21.8. The lowest BCUT2D eigenvalue weighted by molar-refractivity contribution is 0.0996. The van der Waals surface area contributed by atoms with E-state index in [-0.39, 0.29) is 21.7 Å². The molecular formula is C22H21N3O5S. The molecule has 0 fully saturated rings. The zero-order chi connectivity index (χ0) is 22.4. The quantitative estimate of drug-likeness (QED) is 0.496. The number of benzene rings is 3. The first-order valence-electron chi connectivity index (χ1n) is 9.35. The largest absolute Gasteiger partial charge is 0.494 e. The number of hydrogen-bond donors (Lipinski definition) is 3. The van der Waals surface area contributed by atoms with Crippen molar-refractivity contribution in [2.75, 3.05) is 16.6 Å². The van der Waals surface area contributed by atoms with Crippen molar-refractivity contribution >= 4 is 33.2 Å². The predicted molar refractivity (Wildman–Crippen MR) is 118 cm³/mol. The summed E-state index contributed by atoms with van der Waals surface area (Å²) in [5, 5.41) is 2.66. The van der Waals surface area contributed by atoms with Crippen LogP contribution in [0.25, 0.3) is 0 Å². The standard InChI is InChI=1S/C22H21N3O5S/c1-2-30-19-9-11-20(12-10-19)31(28,29)25-18-8-4-6-16(14-18)22(27)24-17-7-3-5-15(13-17)21(23)26/h3-14,25H,2H2,1H3,(H2,23,26)(H,24,27). The molecule has 3 aromatic carbocycles. The minimum atomic E-state index is -3.85. The molecule has 0 saturated heterocycles. The highest BCUT2D eigenvalue weighted by atomic mass is 32.2. The smallest absolute Gasteiger partial charge is 0.261 e. The molecule has 31 heavy (non-hydrogen) atoms. The van der Waals surface area contributed by atoms with Gasteiger partial charge in [-0.1, -0.05) is 12.1 Å².